The van der Waals surface area contributed by atoms with Gasteiger partial charge >= 0.3 is 0 Å². The second-order valence-electron chi connectivity index (χ2n) is 5.25. The lowest BCUT2D eigenvalue weighted by atomic mass is 9.97. The van der Waals surface area contributed by atoms with Gasteiger partial charge < -0.3 is 9.84 Å². The van der Waals surface area contributed by atoms with Crippen LogP contribution in [0.4, 0.5) is 0 Å². The van der Waals surface area contributed by atoms with Gasteiger partial charge in [-0.1, -0.05) is 39.0 Å². The second kappa shape index (κ2) is 8.08. The molecule has 1 rings (SSSR count). The lowest BCUT2D eigenvalue weighted by Crippen LogP contribution is -2.27. The number of hydrogen-bond acceptors (Lipinski definition) is 2. The molecule has 96 valence electrons. The van der Waals surface area contributed by atoms with Crippen LogP contribution in [-0.2, 0) is 4.74 Å². The van der Waals surface area contributed by atoms with E-state index in [4.69, 9.17) is 4.74 Å². The fraction of sp³-hybridized carbons (Fsp3) is 1.00. The Bertz CT molecular complexity index is 162. The summed E-state index contributed by atoms with van der Waals surface area (Å²) in [5.74, 6) is 0. The average molecular weight is 228 g/mol. The van der Waals surface area contributed by atoms with E-state index in [1.807, 2.05) is 6.92 Å². The van der Waals surface area contributed by atoms with Crippen LogP contribution in [0, 0.1) is 0 Å². The van der Waals surface area contributed by atoms with Gasteiger partial charge in [0, 0.05) is 0 Å². The van der Waals surface area contributed by atoms with Gasteiger partial charge in [0.25, 0.3) is 0 Å². The Morgan fingerprint density at radius 1 is 1.25 bits per heavy atom. The monoisotopic (exact) mass is 228 g/mol. The zero-order chi connectivity index (χ0) is 11.8. The van der Waals surface area contributed by atoms with E-state index >= 15 is 0 Å². The van der Waals surface area contributed by atoms with Crippen molar-refractivity contribution in [3.05, 3.63) is 0 Å². The van der Waals surface area contributed by atoms with Crippen LogP contribution in [0.25, 0.3) is 0 Å². The molecular weight excluding hydrogens is 200 g/mol. The first-order valence-corrected chi connectivity index (χ1v) is 7.06. The molecule has 2 nitrogen and oxygen atoms in total. The molecule has 0 heterocycles. The first-order chi connectivity index (χ1) is 7.72. The van der Waals surface area contributed by atoms with Gasteiger partial charge in [-0.15, -0.1) is 0 Å². The lowest BCUT2D eigenvalue weighted by Gasteiger charge is -2.28. The fourth-order valence-corrected chi connectivity index (χ4v) is 2.53. The summed E-state index contributed by atoms with van der Waals surface area (Å²) in [5.41, 5.74) is 0. The molecule has 16 heavy (non-hydrogen) atoms. The third-order valence-corrected chi connectivity index (χ3v) is 3.42. The first kappa shape index (κ1) is 14.0. The summed E-state index contributed by atoms with van der Waals surface area (Å²) in [4.78, 5) is 0. The Kier molecular flexibility index (Phi) is 7.06. The highest BCUT2D eigenvalue weighted by Gasteiger charge is 2.19. The Morgan fingerprint density at radius 2 is 1.94 bits per heavy atom. The summed E-state index contributed by atoms with van der Waals surface area (Å²) in [7, 11) is 0. The Balaban J connectivity index is 2.28. The van der Waals surface area contributed by atoms with E-state index < -0.39 is 0 Å². The molecule has 1 fully saturated rings. The van der Waals surface area contributed by atoms with E-state index in [9.17, 15) is 5.11 Å². The van der Waals surface area contributed by atoms with Crippen LogP contribution in [0.3, 0.4) is 0 Å². The van der Waals surface area contributed by atoms with E-state index in [0.29, 0.717) is 6.10 Å². The predicted octanol–water partition coefficient (Wildman–Crippen LogP) is 3.67. The molecule has 1 N–H and O–H groups in total. The molecule has 0 aliphatic heterocycles. The van der Waals surface area contributed by atoms with E-state index in [0.717, 1.165) is 12.8 Å². The molecule has 1 aliphatic carbocycles. The van der Waals surface area contributed by atoms with Crippen LogP contribution in [-0.4, -0.2) is 23.4 Å². The summed E-state index contributed by atoms with van der Waals surface area (Å²) in [5, 5.41) is 9.47. The maximum absolute atomic E-state index is 9.47. The third-order valence-electron chi connectivity index (χ3n) is 3.42. The van der Waals surface area contributed by atoms with Crippen LogP contribution in [0.1, 0.15) is 71.6 Å². The molecule has 0 radical (unpaired) electrons. The number of hydrogen-bond donors (Lipinski definition) is 1. The SMILES string of the molecule is CCCCC(CC(C)O)OC1CCCCC1. The molecule has 0 bridgehead atoms. The molecule has 2 atom stereocenters. The topological polar surface area (TPSA) is 29.5 Å². The molecule has 0 amide bonds. The molecular formula is C14H28O2. The largest absolute Gasteiger partial charge is 0.393 e. The van der Waals surface area contributed by atoms with Crippen molar-refractivity contribution in [2.45, 2.75) is 89.9 Å². The summed E-state index contributed by atoms with van der Waals surface area (Å²) < 4.78 is 6.14. The van der Waals surface area contributed by atoms with Crippen molar-refractivity contribution in [3.8, 4) is 0 Å². The zero-order valence-corrected chi connectivity index (χ0v) is 11.0. The Labute approximate surface area is 100 Å². The minimum atomic E-state index is -0.231. The van der Waals surface area contributed by atoms with Gasteiger partial charge in [0.05, 0.1) is 18.3 Å². The van der Waals surface area contributed by atoms with Crippen LogP contribution < -0.4 is 0 Å². The molecule has 0 spiro atoms. The minimum Gasteiger partial charge on any atom is -0.393 e. The Morgan fingerprint density at radius 3 is 2.50 bits per heavy atom. The standard InChI is InChI=1S/C14H28O2/c1-3-4-8-14(11-12(2)15)16-13-9-6-5-7-10-13/h12-15H,3-11H2,1-2H3. The molecule has 0 aromatic carbocycles. The van der Waals surface area contributed by atoms with Gasteiger partial charge in [-0.3, -0.25) is 0 Å². The molecule has 2 unspecified atom stereocenters. The lowest BCUT2D eigenvalue weighted by molar-refractivity contribution is -0.0520. The van der Waals surface area contributed by atoms with Gasteiger partial charge in [0.2, 0.25) is 0 Å². The van der Waals surface area contributed by atoms with Crippen molar-refractivity contribution in [1.82, 2.24) is 0 Å². The van der Waals surface area contributed by atoms with Crippen LogP contribution in [0.15, 0.2) is 0 Å². The minimum absolute atomic E-state index is 0.231. The number of ether oxygens (including phenoxy) is 1. The van der Waals surface area contributed by atoms with E-state index in [2.05, 4.69) is 6.92 Å². The first-order valence-electron chi connectivity index (χ1n) is 7.06. The van der Waals surface area contributed by atoms with Crippen LogP contribution in [0.5, 0.6) is 0 Å². The number of rotatable bonds is 7. The predicted molar refractivity (Wildman–Crippen MR) is 67.6 cm³/mol. The molecule has 0 saturated heterocycles. The Hall–Kier alpha value is -0.0800. The van der Waals surface area contributed by atoms with Crippen LogP contribution in [0.2, 0.25) is 0 Å². The highest BCUT2D eigenvalue weighted by atomic mass is 16.5. The van der Waals surface area contributed by atoms with E-state index in [1.165, 1.54) is 44.9 Å². The molecule has 2 heteroatoms. The number of aliphatic hydroxyl groups excluding tert-OH is 1. The highest BCUT2D eigenvalue weighted by Crippen LogP contribution is 2.24. The third kappa shape index (κ3) is 5.86. The second-order valence-corrected chi connectivity index (χ2v) is 5.25. The maximum Gasteiger partial charge on any atom is 0.0603 e. The summed E-state index contributed by atoms with van der Waals surface area (Å²) in [6, 6.07) is 0. The van der Waals surface area contributed by atoms with Gasteiger partial charge in [0.15, 0.2) is 0 Å². The van der Waals surface area contributed by atoms with Crippen LogP contribution >= 0.6 is 0 Å². The van der Waals surface area contributed by atoms with Gasteiger partial charge in [0.1, 0.15) is 0 Å². The van der Waals surface area contributed by atoms with Crippen molar-refractivity contribution >= 4 is 0 Å². The summed E-state index contributed by atoms with van der Waals surface area (Å²) >= 11 is 0. The average Bonchev–Trinajstić information content (AvgIpc) is 2.26. The van der Waals surface area contributed by atoms with Crippen molar-refractivity contribution in [2.75, 3.05) is 0 Å². The number of unbranched alkanes of at least 4 members (excludes halogenated alkanes) is 1. The zero-order valence-electron chi connectivity index (χ0n) is 11.0. The van der Waals surface area contributed by atoms with Gasteiger partial charge in [-0.05, 0) is 32.6 Å². The molecule has 1 aliphatic rings. The quantitative estimate of drug-likeness (QED) is 0.720. The number of aliphatic hydroxyl groups is 1. The fourth-order valence-electron chi connectivity index (χ4n) is 2.53. The van der Waals surface area contributed by atoms with Crippen molar-refractivity contribution in [3.63, 3.8) is 0 Å². The maximum atomic E-state index is 9.47. The molecule has 0 aromatic heterocycles. The van der Waals surface area contributed by atoms with Gasteiger partial charge in [-0.25, -0.2) is 0 Å². The smallest absolute Gasteiger partial charge is 0.0603 e. The van der Waals surface area contributed by atoms with E-state index in [1.54, 1.807) is 0 Å². The van der Waals surface area contributed by atoms with Crippen molar-refractivity contribution < 1.29 is 9.84 Å². The van der Waals surface area contributed by atoms with Crippen molar-refractivity contribution in [1.29, 1.82) is 0 Å². The van der Waals surface area contributed by atoms with E-state index in [-0.39, 0.29) is 12.2 Å². The van der Waals surface area contributed by atoms with Crippen molar-refractivity contribution in [2.24, 2.45) is 0 Å². The summed E-state index contributed by atoms with van der Waals surface area (Å²) in [6.45, 7) is 4.07. The normalized spacial score (nSPS) is 21.9. The highest BCUT2D eigenvalue weighted by molar-refractivity contribution is 4.70. The molecule has 0 aromatic rings. The molecule has 1 saturated carbocycles. The van der Waals surface area contributed by atoms with Gasteiger partial charge in [-0.2, -0.15) is 0 Å². The summed E-state index contributed by atoms with van der Waals surface area (Å²) in [6.07, 6.45) is 11.3.